The van der Waals surface area contributed by atoms with Crippen LogP contribution in [0.25, 0.3) is 10.3 Å². The Balaban J connectivity index is 1.88. The Morgan fingerprint density at radius 1 is 1.00 bits per heavy atom. The first-order chi connectivity index (χ1) is 16.2. The standard InChI is InChI=1S/C21H18Cl2F3N7S/c1-28-9-10-29-17-15-18(32-19(27)31-17)34-20(30-15)33(16-13(22)3-2-4-14(16)23)12-7-5-11(6-8-12)21(24,25)26/h2-8,28H,9-10H2,1H3,(H3,27,29,31,32). The van der Waals surface area contributed by atoms with Gasteiger partial charge < -0.3 is 16.4 Å². The molecule has 0 amide bonds. The minimum Gasteiger partial charge on any atom is -0.368 e. The third kappa shape index (κ3) is 4.97. The van der Waals surface area contributed by atoms with Gasteiger partial charge in [-0.25, -0.2) is 9.97 Å². The summed E-state index contributed by atoms with van der Waals surface area (Å²) in [5.41, 5.74) is 6.32. The number of benzene rings is 2. The van der Waals surface area contributed by atoms with E-state index in [0.29, 0.717) is 55.8 Å². The molecule has 2 aromatic carbocycles. The Morgan fingerprint density at radius 2 is 1.68 bits per heavy atom. The number of thiazole rings is 1. The summed E-state index contributed by atoms with van der Waals surface area (Å²) in [4.78, 5) is 15.3. The Morgan fingerprint density at radius 3 is 2.29 bits per heavy atom. The molecule has 0 aliphatic heterocycles. The minimum absolute atomic E-state index is 0.0616. The van der Waals surface area contributed by atoms with Crippen molar-refractivity contribution in [1.82, 2.24) is 20.3 Å². The molecule has 0 saturated carbocycles. The lowest BCUT2D eigenvalue weighted by atomic mass is 10.1. The van der Waals surface area contributed by atoms with Crippen LogP contribution in [0.4, 0.5) is 41.4 Å². The van der Waals surface area contributed by atoms with E-state index >= 15 is 0 Å². The van der Waals surface area contributed by atoms with Gasteiger partial charge in [-0.15, -0.1) is 0 Å². The number of likely N-dealkylation sites (N-methyl/N-ethyl adjacent to an activating group) is 1. The third-order valence-corrected chi connectivity index (χ3v) is 6.28. The number of fused-ring (bicyclic) bond motifs is 1. The number of rotatable bonds is 7. The summed E-state index contributed by atoms with van der Waals surface area (Å²) >= 11 is 14.1. The van der Waals surface area contributed by atoms with Gasteiger partial charge in [-0.2, -0.15) is 18.2 Å². The summed E-state index contributed by atoms with van der Waals surface area (Å²) in [6, 6.07) is 9.59. The number of hydrogen-bond acceptors (Lipinski definition) is 8. The van der Waals surface area contributed by atoms with Gasteiger partial charge in [0.15, 0.2) is 15.8 Å². The molecule has 2 heterocycles. The Labute approximate surface area is 206 Å². The highest BCUT2D eigenvalue weighted by Crippen LogP contribution is 2.46. The average molecular weight is 528 g/mol. The Bertz CT molecular complexity index is 1290. The molecule has 0 unspecified atom stereocenters. The predicted molar refractivity (Wildman–Crippen MR) is 132 cm³/mol. The lowest BCUT2D eigenvalue weighted by molar-refractivity contribution is -0.137. The maximum Gasteiger partial charge on any atom is 0.416 e. The van der Waals surface area contributed by atoms with Gasteiger partial charge in [-0.05, 0) is 43.4 Å². The number of nitrogen functional groups attached to an aromatic ring is 1. The van der Waals surface area contributed by atoms with Gasteiger partial charge in [-0.1, -0.05) is 40.6 Å². The lowest BCUT2D eigenvalue weighted by Gasteiger charge is -2.24. The molecule has 0 aliphatic carbocycles. The van der Waals surface area contributed by atoms with Gasteiger partial charge in [0.25, 0.3) is 0 Å². The molecule has 7 nitrogen and oxygen atoms in total. The summed E-state index contributed by atoms with van der Waals surface area (Å²) in [6.07, 6.45) is -4.47. The summed E-state index contributed by atoms with van der Waals surface area (Å²) in [7, 11) is 1.82. The van der Waals surface area contributed by atoms with E-state index in [0.717, 1.165) is 12.1 Å². The fourth-order valence-corrected chi connectivity index (χ4v) is 4.73. The number of nitrogens with two attached hydrogens (primary N) is 1. The monoisotopic (exact) mass is 527 g/mol. The summed E-state index contributed by atoms with van der Waals surface area (Å²) in [5.74, 6) is 0.504. The maximum absolute atomic E-state index is 13.1. The zero-order chi connectivity index (χ0) is 24.5. The predicted octanol–water partition coefficient (Wildman–Crippen LogP) is 6.10. The van der Waals surface area contributed by atoms with Crippen molar-refractivity contribution >= 4 is 73.2 Å². The first kappa shape index (κ1) is 24.3. The van der Waals surface area contributed by atoms with E-state index in [2.05, 4.69) is 25.6 Å². The van der Waals surface area contributed by atoms with Crippen LogP contribution in [0.3, 0.4) is 0 Å². The van der Waals surface area contributed by atoms with Crippen molar-refractivity contribution in [3.8, 4) is 0 Å². The number of aromatic nitrogens is 3. The highest BCUT2D eigenvalue weighted by atomic mass is 35.5. The zero-order valence-electron chi connectivity index (χ0n) is 17.6. The van der Waals surface area contributed by atoms with Crippen molar-refractivity contribution in [2.24, 2.45) is 0 Å². The summed E-state index contributed by atoms with van der Waals surface area (Å²) in [6.45, 7) is 1.24. The van der Waals surface area contributed by atoms with Crippen LogP contribution >= 0.6 is 34.5 Å². The number of alkyl halides is 3. The van der Waals surface area contributed by atoms with Crippen LogP contribution in [-0.2, 0) is 6.18 Å². The second kappa shape index (κ2) is 9.79. The van der Waals surface area contributed by atoms with Crippen molar-refractivity contribution in [3.05, 3.63) is 58.1 Å². The maximum atomic E-state index is 13.1. The van der Waals surface area contributed by atoms with Crippen LogP contribution in [-0.4, -0.2) is 35.1 Å². The van der Waals surface area contributed by atoms with Gasteiger partial charge in [0.1, 0.15) is 5.52 Å². The highest BCUT2D eigenvalue weighted by molar-refractivity contribution is 7.22. The van der Waals surface area contributed by atoms with Crippen LogP contribution in [0.2, 0.25) is 10.0 Å². The van der Waals surface area contributed by atoms with E-state index in [4.69, 9.17) is 28.9 Å². The van der Waals surface area contributed by atoms with Crippen LogP contribution in [0.5, 0.6) is 0 Å². The Kier molecular flexibility index (Phi) is 6.99. The molecule has 0 saturated heterocycles. The molecule has 2 aromatic heterocycles. The van der Waals surface area contributed by atoms with Gasteiger partial charge in [-0.3, -0.25) is 4.90 Å². The van der Waals surface area contributed by atoms with Crippen molar-refractivity contribution in [2.45, 2.75) is 6.18 Å². The van der Waals surface area contributed by atoms with Gasteiger partial charge in [0, 0.05) is 18.8 Å². The van der Waals surface area contributed by atoms with E-state index < -0.39 is 11.7 Å². The molecule has 4 aromatic rings. The van der Waals surface area contributed by atoms with Crippen LogP contribution < -0.4 is 21.3 Å². The van der Waals surface area contributed by atoms with Gasteiger partial charge in [0.05, 0.1) is 21.3 Å². The molecule has 0 fully saturated rings. The van der Waals surface area contributed by atoms with Crippen LogP contribution in [0.1, 0.15) is 5.56 Å². The second-order valence-corrected chi connectivity index (χ2v) is 8.83. The molecule has 13 heteroatoms. The Hall–Kier alpha value is -2.86. The average Bonchev–Trinajstić information content (AvgIpc) is 3.19. The molecule has 0 radical (unpaired) electrons. The summed E-state index contributed by atoms with van der Waals surface area (Å²) < 4.78 is 39.4. The van der Waals surface area contributed by atoms with E-state index in [1.807, 2.05) is 7.05 Å². The number of nitrogens with zero attached hydrogens (tertiary/aromatic N) is 4. The second-order valence-electron chi connectivity index (χ2n) is 7.06. The number of anilines is 5. The van der Waals surface area contributed by atoms with E-state index in [9.17, 15) is 13.2 Å². The number of nitrogens with one attached hydrogen (secondary N) is 2. The van der Waals surface area contributed by atoms with Crippen molar-refractivity contribution in [3.63, 3.8) is 0 Å². The summed E-state index contributed by atoms with van der Waals surface area (Å²) in [5, 5.41) is 7.15. The molecule has 0 spiro atoms. The van der Waals surface area contributed by atoms with Gasteiger partial charge in [0.2, 0.25) is 5.95 Å². The van der Waals surface area contributed by atoms with Crippen LogP contribution in [0.15, 0.2) is 42.5 Å². The molecular weight excluding hydrogens is 510 g/mol. The van der Waals surface area contributed by atoms with Gasteiger partial charge >= 0.3 is 6.18 Å². The van der Waals surface area contributed by atoms with Crippen molar-refractivity contribution in [1.29, 1.82) is 0 Å². The molecular formula is C21H18Cl2F3N7S. The fraction of sp³-hybridized carbons (Fsp3) is 0.190. The molecule has 0 aliphatic rings. The number of para-hydroxylation sites is 1. The molecule has 4 N–H and O–H groups in total. The molecule has 0 bridgehead atoms. The van der Waals surface area contributed by atoms with E-state index in [1.165, 1.54) is 23.5 Å². The normalized spacial score (nSPS) is 11.7. The van der Waals surface area contributed by atoms with Crippen LogP contribution in [0, 0.1) is 0 Å². The van der Waals surface area contributed by atoms with E-state index in [1.54, 1.807) is 23.1 Å². The van der Waals surface area contributed by atoms with Crippen molar-refractivity contribution in [2.75, 3.05) is 36.1 Å². The highest BCUT2D eigenvalue weighted by Gasteiger charge is 2.31. The van der Waals surface area contributed by atoms with E-state index in [-0.39, 0.29) is 5.95 Å². The minimum atomic E-state index is -4.47. The molecule has 0 atom stereocenters. The molecule has 4 rings (SSSR count). The SMILES string of the molecule is CNCCNc1nc(N)nc2sc(N(c3ccc(C(F)(F)F)cc3)c3c(Cl)cccc3Cl)nc12. The number of hydrogen-bond donors (Lipinski definition) is 3. The fourth-order valence-electron chi connectivity index (χ4n) is 3.19. The first-order valence-electron chi connectivity index (χ1n) is 9.93. The quantitative estimate of drug-likeness (QED) is 0.250. The molecule has 178 valence electrons. The smallest absolute Gasteiger partial charge is 0.368 e. The third-order valence-electron chi connectivity index (χ3n) is 4.74. The lowest BCUT2D eigenvalue weighted by Crippen LogP contribution is -2.18. The zero-order valence-corrected chi connectivity index (χ0v) is 19.9. The number of halogens is 5. The largest absolute Gasteiger partial charge is 0.416 e. The molecule has 34 heavy (non-hydrogen) atoms. The topological polar surface area (TPSA) is 92.0 Å². The first-order valence-corrected chi connectivity index (χ1v) is 11.5. The van der Waals surface area contributed by atoms with Crippen molar-refractivity contribution < 1.29 is 13.2 Å².